The van der Waals surface area contributed by atoms with Crippen molar-refractivity contribution in [3.05, 3.63) is 59.7 Å². The van der Waals surface area contributed by atoms with Gasteiger partial charge in [0.05, 0.1) is 12.3 Å². The second kappa shape index (κ2) is 10.7. The van der Waals surface area contributed by atoms with E-state index >= 15 is 0 Å². The Hall–Kier alpha value is -3.35. The second-order valence-corrected chi connectivity index (χ2v) is 9.36. The first kappa shape index (κ1) is 23.8. The van der Waals surface area contributed by atoms with Gasteiger partial charge in [-0.25, -0.2) is 4.79 Å². The Morgan fingerprint density at radius 3 is 2.26 bits per heavy atom. The molecule has 2 aromatic carbocycles. The van der Waals surface area contributed by atoms with Gasteiger partial charge < -0.3 is 20.5 Å². The molecule has 0 spiro atoms. The van der Waals surface area contributed by atoms with E-state index in [1.165, 1.54) is 11.1 Å². The van der Waals surface area contributed by atoms with Gasteiger partial charge in [-0.1, -0.05) is 68.3 Å². The monoisotopic (exact) mass is 464 g/mol. The predicted octanol–water partition coefficient (Wildman–Crippen LogP) is 4.31. The molecular formula is C27H32N2O5. The van der Waals surface area contributed by atoms with E-state index in [9.17, 15) is 14.4 Å². The summed E-state index contributed by atoms with van der Waals surface area (Å²) < 4.78 is 5.53. The smallest absolute Gasteiger partial charge is 0.407 e. The van der Waals surface area contributed by atoms with Crippen molar-refractivity contribution in [1.82, 2.24) is 10.6 Å². The highest BCUT2D eigenvalue weighted by atomic mass is 16.5. The van der Waals surface area contributed by atoms with Gasteiger partial charge in [-0.05, 0) is 41.0 Å². The van der Waals surface area contributed by atoms with Gasteiger partial charge in [0.15, 0.2) is 0 Å². The van der Waals surface area contributed by atoms with Crippen LogP contribution in [-0.2, 0) is 14.3 Å². The number of carbonyl (C=O) groups is 3. The van der Waals surface area contributed by atoms with Crippen molar-refractivity contribution >= 4 is 18.0 Å². The van der Waals surface area contributed by atoms with Crippen molar-refractivity contribution in [2.75, 3.05) is 13.2 Å². The van der Waals surface area contributed by atoms with Crippen LogP contribution in [0.5, 0.6) is 0 Å². The van der Waals surface area contributed by atoms with Crippen LogP contribution in [0, 0.1) is 11.8 Å². The molecule has 1 fully saturated rings. The number of carboxylic acids is 1. The summed E-state index contributed by atoms with van der Waals surface area (Å²) in [6, 6.07) is 16.2. The highest BCUT2D eigenvalue weighted by molar-refractivity contribution is 5.80. The van der Waals surface area contributed by atoms with Crippen molar-refractivity contribution in [3.8, 4) is 11.1 Å². The van der Waals surface area contributed by atoms with E-state index in [1.807, 2.05) is 24.3 Å². The van der Waals surface area contributed by atoms with Crippen molar-refractivity contribution in [1.29, 1.82) is 0 Å². The molecule has 4 rings (SSSR count). The SMILES string of the molecule is CC(CNC(=O)OCC1c2ccccc2-c2ccccc21)C(=O)N[C@@H]1CCCC[C@@H]1CC(=O)O. The molecule has 34 heavy (non-hydrogen) atoms. The van der Waals surface area contributed by atoms with Crippen LogP contribution in [0.15, 0.2) is 48.5 Å². The van der Waals surface area contributed by atoms with Crippen molar-refractivity contribution < 1.29 is 24.2 Å². The molecule has 0 radical (unpaired) electrons. The maximum absolute atomic E-state index is 12.6. The van der Waals surface area contributed by atoms with Crippen LogP contribution in [0.3, 0.4) is 0 Å². The fraction of sp³-hybridized carbons (Fsp3) is 0.444. The number of carboxylic acid groups (broad SMARTS) is 1. The molecule has 2 aliphatic rings. The van der Waals surface area contributed by atoms with E-state index in [4.69, 9.17) is 9.84 Å². The number of fused-ring (bicyclic) bond motifs is 3. The molecule has 180 valence electrons. The minimum atomic E-state index is -0.837. The maximum Gasteiger partial charge on any atom is 0.407 e. The van der Waals surface area contributed by atoms with Gasteiger partial charge >= 0.3 is 12.1 Å². The molecule has 0 heterocycles. The molecule has 1 saturated carbocycles. The first-order chi connectivity index (χ1) is 16.4. The minimum Gasteiger partial charge on any atom is -0.481 e. The van der Waals surface area contributed by atoms with Gasteiger partial charge in [0.1, 0.15) is 6.61 Å². The van der Waals surface area contributed by atoms with Gasteiger partial charge in [0.25, 0.3) is 0 Å². The van der Waals surface area contributed by atoms with E-state index in [2.05, 4.69) is 34.9 Å². The quantitative estimate of drug-likeness (QED) is 0.540. The van der Waals surface area contributed by atoms with Gasteiger partial charge in [0.2, 0.25) is 5.91 Å². The van der Waals surface area contributed by atoms with Crippen LogP contribution >= 0.6 is 0 Å². The molecule has 2 aromatic rings. The molecule has 2 amide bonds. The zero-order valence-electron chi connectivity index (χ0n) is 19.5. The molecular weight excluding hydrogens is 432 g/mol. The average Bonchev–Trinajstić information content (AvgIpc) is 3.16. The molecule has 0 aliphatic heterocycles. The van der Waals surface area contributed by atoms with Crippen LogP contribution in [0.1, 0.15) is 56.1 Å². The third-order valence-corrected chi connectivity index (χ3v) is 7.02. The topological polar surface area (TPSA) is 105 Å². The van der Waals surface area contributed by atoms with Gasteiger partial charge in [-0.2, -0.15) is 0 Å². The molecule has 0 saturated heterocycles. The number of benzene rings is 2. The van der Waals surface area contributed by atoms with Crippen molar-refractivity contribution in [2.24, 2.45) is 11.8 Å². The van der Waals surface area contributed by atoms with Gasteiger partial charge in [0, 0.05) is 18.5 Å². The first-order valence-corrected chi connectivity index (χ1v) is 12.0. The number of ether oxygens (including phenoxy) is 1. The molecule has 7 nitrogen and oxygen atoms in total. The van der Waals surface area contributed by atoms with Crippen LogP contribution in [0.4, 0.5) is 4.79 Å². The molecule has 1 unspecified atom stereocenters. The molecule has 2 aliphatic carbocycles. The Balaban J connectivity index is 1.26. The summed E-state index contributed by atoms with van der Waals surface area (Å²) in [5.74, 6) is -1.53. The number of hydrogen-bond donors (Lipinski definition) is 3. The van der Waals surface area contributed by atoms with E-state index in [0.717, 1.165) is 36.8 Å². The Morgan fingerprint density at radius 2 is 1.62 bits per heavy atom. The minimum absolute atomic E-state index is 0.0173. The number of carbonyl (C=O) groups excluding carboxylic acids is 2. The summed E-state index contributed by atoms with van der Waals surface area (Å²) in [6.07, 6.45) is 3.08. The van der Waals surface area contributed by atoms with Gasteiger partial charge in [-0.3, -0.25) is 9.59 Å². The lowest BCUT2D eigenvalue weighted by Gasteiger charge is -2.32. The van der Waals surface area contributed by atoms with E-state index in [1.54, 1.807) is 6.92 Å². The van der Waals surface area contributed by atoms with Crippen molar-refractivity contribution in [2.45, 2.75) is 51.0 Å². The van der Waals surface area contributed by atoms with Gasteiger partial charge in [-0.15, -0.1) is 0 Å². The predicted molar refractivity (Wildman–Crippen MR) is 128 cm³/mol. The zero-order chi connectivity index (χ0) is 24.1. The second-order valence-electron chi connectivity index (χ2n) is 9.36. The zero-order valence-corrected chi connectivity index (χ0v) is 19.5. The van der Waals surface area contributed by atoms with Crippen LogP contribution in [0.2, 0.25) is 0 Å². The third-order valence-electron chi connectivity index (χ3n) is 7.02. The first-order valence-electron chi connectivity index (χ1n) is 12.0. The highest BCUT2D eigenvalue weighted by Gasteiger charge is 2.31. The normalized spacial score (nSPS) is 20.0. The summed E-state index contributed by atoms with van der Waals surface area (Å²) in [4.78, 5) is 36.2. The Labute approximate surface area is 199 Å². The molecule has 0 bridgehead atoms. The Morgan fingerprint density at radius 1 is 1.00 bits per heavy atom. The van der Waals surface area contributed by atoms with Crippen molar-refractivity contribution in [3.63, 3.8) is 0 Å². The summed E-state index contributed by atoms with van der Waals surface area (Å²) >= 11 is 0. The lowest BCUT2D eigenvalue weighted by atomic mass is 9.82. The van der Waals surface area contributed by atoms with E-state index < -0.39 is 18.0 Å². The number of alkyl carbamates (subject to hydrolysis) is 1. The maximum atomic E-state index is 12.6. The summed E-state index contributed by atoms with van der Waals surface area (Å²) in [6.45, 7) is 2.12. The molecule has 3 N–H and O–H groups in total. The molecule has 3 atom stereocenters. The fourth-order valence-corrected chi connectivity index (χ4v) is 5.17. The summed E-state index contributed by atoms with van der Waals surface area (Å²) in [5.41, 5.74) is 4.63. The van der Waals surface area contributed by atoms with E-state index in [-0.39, 0.29) is 43.4 Å². The molecule has 0 aromatic heterocycles. The van der Waals surface area contributed by atoms with Crippen LogP contribution in [0.25, 0.3) is 11.1 Å². The van der Waals surface area contributed by atoms with Crippen LogP contribution in [-0.4, -0.2) is 42.3 Å². The number of rotatable bonds is 8. The van der Waals surface area contributed by atoms with Crippen LogP contribution < -0.4 is 10.6 Å². The number of hydrogen-bond acceptors (Lipinski definition) is 4. The van der Waals surface area contributed by atoms with E-state index in [0.29, 0.717) is 0 Å². The summed E-state index contributed by atoms with van der Waals surface area (Å²) in [7, 11) is 0. The lowest BCUT2D eigenvalue weighted by Crippen LogP contribution is -2.46. The molecule has 7 heteroatoms. The Kier molecular flexibility index (Phi) is 7.50. The number of amides is 2. The Bertz CT molecular complexity index is 1010. The largest absolute Gasteiger partial charge is 0.481 e. The fourth-order valence-electron chi connectivity index (χ4n) is 5.17. The standard InChI is InChI=1S/C27H32N2O5/c1-17(26(32)29-24-13-7-2-8-18(24)14-25(30)31)15-28-27(33)34-16-23-21-11-5-3-9-19(21)20-10-4-6-12-22(20)23/h3-6,9-12,17-18,23-24H,2,7-8,13-16H2,1H3,(H,28,33)(H,29,32)(H,30,31)/t17?,18-,24-/m1/s1. The average molecular weight is 465 g/mol. The highest BCUT2D eigenvalue weighted by Crippen LogP contribution is 2.44. The number of nitrogens with one attached hydrogen (secondary N) is 2. The summed E-state index contributed by atoms with van der Waals surface area (Å²) in [5, 5.41) is 14.8. The third kappa shape index (κ3) is 5.41. The number of aliphatic carboxylic acids is 1. The lowest BCUT2D eigenvalue weighted by molar-refractivity contribution is -0.139.